The molecule has 20 heavy (non-hydrogen) atoms. The molecule has 0 atom stereocenters. The van der Waals surface area contributed by atoms with Crippen molar-refractivity contribution in [2.24, 2.45) is 0 Å². The van der Waals surface area contributed by atoms with E-state index in [1.807, 2.05) is 20.8 Å². The van der Waals surface area contributed by atoms with Crippen molar-refractivity contribution in [1.29, 1.82) is 0 Å². The Morgan fingerprint density at radius 3 is 2.55 bits per heavy atom. The van der Waals surface area contributed by atoms with Gasteiger partial charge in [0.05, 0.1) is 12.1 Å². The maximum Gasteiger partial charge on any atom is 0.335 e. The molecular formula is C14H21N3O3. The van der Waals surface area contributed by atoms with E-state index in [1.54, 1.807) is 18.0 Å². The molecule has 0 bridgehead atoms. The van der Waals surface area contributed by atoms with E-state index in [9.17, 15) is 9.59 Å². The molecule has 0 fully saturated rings. The lowest BCUT2D eigenvalue weighted by Gasteiger charge is -2.19. The van der Waals surface area contributed by atoms with Gasteiger partial charge in [0.2, 0.25) is 5.91 Å². The number of rotatable bonds is 6. The Kier molecular flexibility index (Phi) is 5.49. The predicted molar refractivity (Wildman–Crippen MR) is 77.2 cm³/mol. The Bertz CT molecular complexity index is 500. The Labute approximate surface area is 118 Å². The predicted octanol–water partition coefficient (Wildman–Crippen LogP) is 1.48. The van der Waals surface area contributed by atoms with Gasteiger partial charge in [-0.05, 0) is 25.0 Å². The molecule has 0 aliphatic carbocycles. The van der Waals surface area contributed by atoms with E-state index in [0.717, 1.165) is 0 Å². The van der Waals surface area contributed by atoms with Crippen LogP contribution in [0, 0.1) is 0 Å². The van der Waals surface area contributed by atoms with Crippen LogP contribution in [0.25, 0.3) is 0 Å². The maximum absolute atomic E-state index is 11.6. The van der Waals surface area contributed by atoms with E-state index in [1.165, 1.54) is 6.07 Å². The SMILES string of the molecule is CCNC(=O)CN(C)c1cc(C(=O)O)cc(C(C)C)n1. The van der Waals surface area contributed by atoms with Gasteiger partial charge < -0.3 is 15.3 Å². The van der Waals surface area contributed by atoms with Gasteiger partial charge in [-0.15, -0.1) is 0 Å². The number of carboxylic acid groups (broad SMARTS) is 1. The summed E-state index contributed by atoms with van der Waals surface area (Å²) in [6, 6.07) is 3.05. The minimum Gasteiger partial charge on any atom is -0.478 e. The number of hydrogen-bond donors (Lipinski definition) is 2. The van der Waals surface area contributed by atoms with Crippen LogP contribution < -0.4 is 10.2 Å². The van der Waals surface area contributed by atoms with E-state index in [0.29, 0.717) is 18.1 Å². The zero-order valence-corrected chi connectivity index (χ0v) is 12.3. The fraction of sp³-hybridized carbons (Fsp3) is 0.500. The van der Waals surface area contributed by atoms with Crippen molar-refractivity contribution >= 4 is 17.7 Å². The van der Waals surface area contributed by atoms with Crippen LogP contribution in [-0.2, 0) is 4.79 Å². The summed E-state index contributed by atoms with van der Waals surface area (Å²) in [7, 11) is 1.72. The van der Waals surface area contributed by atoms with E-state index >= 15 is 0 Å². The van der Waals surface area contributed by atoms with E-state index in [2.05, 4.69) is 10.3 Å². The molecule has 0 unspecified atom stereocenters. The van der Waals surface area contributed by atoms with Crippen molar-refractivity contribution in [2.75, 3.05) is 25.0 Å². The van der Waals surface area contributed by atoms with E-state index in [4.69, 9.17) is 5.11 Å². The number of carbonyl (C=O) groups excluding carboxylic acids is 1. The molecule has 2 N–H and O–H groups in total. The maximum atomic E-state index is 11.6. The Morgan fingerprint density at radius 1 is 1.40 bits per heavy atom. The third-order valence-corrected chi connectivity index (χ3v) is 2.82. The molecule has 6 nitrogen and oxygen atoms in total. The number of anilines is 1. The average Bonchev–Trinajstić information content (AvgIpc) is 2.38. The highest BCUT2D eigenvalue weighted by Gasteiger charge is 2.14. The minimum atomic E-state index is -0.998. The molecule has 1 aromatic rings. The van der Waals surface area contributed by atoms with Crippen molar-refractivity contribution in [3.63, 3.8) is 0 Å². The molecule has 0 aromatic carbocycles. The number of nitrogens with zero attached hydrogens (tertiary/aromatic N) is 2. The van der Waals surface area contributed by atoms with Crippen molar-refractivity contribution in [2.45, 2.75) is 26.7 Å². The summed E-state index contributed by atoms with van der Waals surface area (Å²) in [4.78, 5) is 28.8. The van der Waals surface area contributed by atoms with Crippen LogP contribution in [0.15, 0.2) is 12.1 Å². The second-order valence-electron chi connectivity index (χ2n) is 4.91. The monoisotopic (exact) mass is 279 g/mol. The van der Waals surface area contributed by atoms with Gasteiger partial charge in [-0.1, -0.05) is 13.8 Å². The summed E-state index contributed by atoms with van der Waals surface area (Å²) in [5.74, 6) is -0.517. The van der Waals surface area contributed by atoms with Gasteiger partial charge in [-0.2, -0.15) is 0 Å². The molecule has 0 aliphatic rings. The number of pyridine rings is 1. The number of carboxylic acids is 1. The average molecular weight is 279 g/mol. The molecule has 1 aromatic heterocycles. The van der Waals surface area contributed by atoms with Gasteiger partial charge >= 0.3 is 5.97 Å². The van der Waals surface area contributed by atoms with Gasteiger partial charge in [0.25, 0.3) is 0 Å². The van der Waals surface area contributed by atoms with Gasteiger partial charge in [-0.3, -0.25) is 4.79 Å². The zero-order valence-electron chi connectivity index (χ0n) is 12.3. The topological polar surface area (TPSA) is 82.5 Å². The van der Waals surface area contributed by atoms with Crippen LogP contribution in [0.4, 0.5) is 5.82 Å². The molecule has 110 valence electrons. The second kappa shape index (κ2) is 6.88. The van der Waals surface area contributed by atoms with Gasteiger partial charge in [0.1, 0.15) is 5.82 Å². The van der Waals surface area contributed by atoms with Crippen molar-refractivity contribution in [3.8, 4) is 0 Å². The van der Waals surface area contributed by atoms with Crippen LogP contribution >= 0.6 is 0 Å². The first-order valence-corrected chi connectivity index (χ1v) is 6.58. The number of amides is 1. The normalized spacial score (nSPS) is 10.4. The molecule has 0 aliphatic heterocycles. The zero-order chi connectivity index (χ0) is 15.3. The fourth-order valence-electron chi connectivity index (χ4n) is 1.70. The molecule has 6 heteroatoms. The lowest BCUT2D eigenvalue weighted by atomic mass is 10.1. The summed E-state index contributed by atoms with van der Waals surface area (Å²) < 4.78 is 0. The molecule has 0 saturated heterocycles. The Balaban J connectivity index is 3.03. The smallest absolute Gasteiger partial charge is 0.335 e. The number of likely N-dealkylation sites (N-methyl/N-ethyl adjacent to an activating group) is 2. The number of aromatic carboxylic acids is 1. The summed E-state index contributed by atoms with van der Waals surface area (Å²) >= 11 is 0. The first-order valence-electron chi connectivity index (χ1n) is 6.58. The van der Waals surface area contributed by atoms with E-state index in [-0.39, 0.29) is 23.9 Å². The highest BCUT2D eigenvalue weighted by Crippen LogP contribution is 2.19. The van der Waals surface area contributed by atoms with Crippen LogP contribution in [-0.4, -0.2) is 42.1 Å². The standard InChI is InChI=1S/C14H21N3O3/c1-5-15-13(18)8-17(4)12-7-10(14(19)20)6-11(16-12)9(2)3/h6-7,9H,5,8H2,1-4H3,(H,15,18)(H,19,20). The summed E-state index contributed by atoms with van der Waals surface area (Å²) in [6.07, 6.45) is 0. The second-order valence-corrected chi connectivity index (χ2v) is 4.91. The summed E-state index contributed by atoms with van der Waals surface area (Å²) in [5.41, 5.74) is 0.879. The van der Waals surface area contributed by atoms with E-state index < -0.39 is 5.97 Å². The summed E-state index contributed by atoms with van der Waals surface area (Å²) in [6.45, 7) is 6.44. The molecule has 1 heterocycles. The Hall–Kier alpha value is -2.11. The number of aromatic nitrogens is 1. The molecule has 0 radical (unpaired) electrons. The van der Waals surface area contributed by atoms with Gasteiger partial charge in [0, 0.05) is 19.3 Å². The van der Waals surface area contributed by atoms with Crippen molar-refractivity contribution in [1.82, 2.24) is 10.3 Å². The summed E-state index contributed by atoms with van der Waals surface area (Å²) in [5, 5.41) is 11.8. The number of nitrogens with one attached hydrogen (secondary N) is 1. The number of carbonyl (C=O) groups is 2. The largest absolute Gasteiger partial charge is 0.478 e. The van der Waals surface area contributed by atoms with Crippen LogP contribution in [0.1, 0.15) is 42.7 Å². The van der Waals surface area contributed by atoms with Crippen molar-refractivity contribution < 1.29 is 14.7 Å². The third-order valence-electron chi connectivity index (χ3n) is 2.82. The van der Waals surface area contributed by atoms with Crippen molar-refractivity contribution in [3.05, 3.63) is 23.4 Å². The quantitative estimate of drug-likeness (QED) is 0.824. The first-order chi connectivity index (χ1) is 9.35. The molecule has 1 amide bonds. The van der Waals surface area contributed by atoms with Crippen LogP contribution in [0.5, 0.6) is 0 Å². The lowest BCUT2D eigenvalue weighted by Crippen LogP contribution is -2.35. The molecule has 0 spiro atoms. The fourth-order valence-corrected chi connectivity index (χ4v) is 1.70. The molecule has 0 saturated carbocycles. The Morgan fingerprint density at radius 2 is 2.05 bits per heavy atom. The minimum absolute atomic E-state index is 0.117. The highest BCUT2D eigenvalue weighted by molar-refractivity contribution is 5.89. The highest BCUT2D eigenvalue weighted by atomic mass is 16.4. The third kappa shape index (κ3) is 4.22. The van der Waals surface area contributed by atoms with Crippen LogP contribution in [0.2, 0.25) is 0 Å². The van der Waals surface area contributed by atoms with Gasteiger partial charge in [0.15, 0.2) is 0 Å². The number of hydrogen-bond acceptors (Lipinski definition) is 4. The lowest BCUT2D eigenvalue weighted by molar-refractivity contribution is -0.119. The molecular weight excluding hydrogens is 258 g/mol. The molecule has 1 rings (SSSR count). The first kappa shape index (κ1) is 15.9. The van der Waals surface area contributed by atoms with Crippen LogP contribution in [0.3, 0.4) is 0 Å². The van der Waals surface area contributed by atoms with Gasteiger partial charge in [-0.25, -0.2) is 9.78 Å².